The number of carbonyl (C=O) groups is 1. The minimum absolute atomic E-state index is 0.0259. The molecule has 2 rings (SSSR count). The van der Waals surface area contributed by atoms with Gasteiger partial charge in [0.1, 0.15) is 11.5 Å². The first-order valence-electron chi connectivity index (χ1n) is 5.50. The lowest BCUT2D eigenvalue weighted by Gasteiger charge is -2.12. The van der Waals surface area contributed by atoms with Crippen molar-refractivity contribution in [3.05, 3.63) is 58.6 Å². The summed E-state index contributed by atoms with van der Waals surface area (Å²) in [4.78, 5) is 10.9. The van der Waals surface area contributed by atoms with Crippen LogP contribution < -0.4 is 4.74 Å². The van der Waals surface area contributed by atoms with E-state index in [0.29, 0.717) is 11.3 Å². The van der Waals surface area contributed by atoms with Crippen LogP contribution in [-0.2, 0) is 6.18 Å². The van der Waals surface area contributed by atoms with E-state index in [1.54, 1.807) is 12.1 Å². The lowest BCUT2D eigenvalue weighted by atomic mass is 10.1. The molecular weight excluding hydrogens is 293 g/mol. The molecule has 0 amide bonds. The minimum Gasteiger partial charge on any atom is -0.457 e. The Hall–Kier alpha value is -2.01. The Bertz CT molecular complexity index is 639. The molecule has 2 nitrogen and oxygen atoms in total. The van der Waals surface area contributed by atoms with Crippen LogP contribution in [0.3, 0.4) is 0 Å². The van der Waals surface area contributed by atoms with E-state index in [-0.39, 0.29) is 17.1 Å². The van der Waals surface area contributed by atoms with E-state index in [2.05, 4.69) is 0 Å². The third kappa shape index (κ3) is 3.30. The Labute approximate surface area is 117 Å². The van der Waals surface area contributed by atoms with Gasteiger partial charge in [0.25, 0.3) is 0 Å². The zero-order valence-electron chi connectivity index (χ0n) is 9.95. The summed E-state index contributed by atoms with van der Waals surface area (Å²) in [7, 11) is 0. The van der Waals surface area contributed by atoms with Crippen LogP contribution in [0.25, 0.3) is 0 Å². The lowest BCUT2D eigenvalue weighted by molar-refractivity contribution is -0.137. The molecule has 0 unspecified atom stereocenters. The van der Waals surface area contributed by atoms with Gasteiger partial charge in [-0.3, -0.25) is 4.79 Å². The molecule has 0 aromatic heterocycles. The van der Waals surface area contributed by atoms with Crippen molar-refractivity contribution >= 4 is 17.9 Å². The van der Waals surface area contributed by atoms with E-state index < -0.39 is 11.7 Å². The molecule has 0 heterocycles. The maximum Gasteiger partial charge on any atom is 0.416 e. The summed E-state index contributed by atoms with van der Waals surface area (Å²) in [6, 6.07) is 8.83. The van der Waals surface area contributed by atoms with Crippen molar-refractivity contribution in [3.8, 4) is 11.5 Å². The van der Waals surface area contributed by atoms with Gasteiger partial charge in [-0.2, -0.15) is 13.2 Å². The van der Waals surface area contributed by atoms with E-state index in [4.69, 9.17) is 16.3 Å². The number of halogens is 4. The van der Waals surface area contributed by atoms with Gasteiger partial charge >= 0.3 is 6.18 Å². The molecule has 0 aliphatic rings. The SMILES string of the molecule is O=Cc1ccc(C(F)(F)F)cc1Oc1cccc(Cl)c1. The molecule has 2 aromatic carbocycles. The van der Waals surface area contributed by atoms with Crippen LogP contribution in [0.4, 0.5) is 13.2 Å². The smallest absolute Gasteiger partial charge is 0.416 e. The second-order valence-electron chi connectivity index (χ2n) is 3.93. The fraction of sp³-hybridized carbons (Fsp3) is 0.0714. The van der Waals surface area contributed by atoms with Gasteiger partial charge in [0.2, 0.25) is 0 Å². The molecule has 0 aliphatic carbocycles. The number of hydrogen-bond donors (Lipinski definition) is 0. The monoisotopic (exact) mass is 300 g/mol. The summed E-state index contributed by atoms with van der Waals surface area (Å²) in [5, 5.41) is 0.377. The molecule has 0 saturated heterocycles. The average molecular weight is 301 g/mol. The van der Waals surface area contributed by atoms with Gasteiger partial charge in [0.05, 0.1) is 11.1 Å². The average Bonchev–Trinajstić information content (AvgIpc) is 2.37. The van der Waals surface area contributed by atoms with Crippen molar-refractivity contribution in [3.63, 3.8) is 0 Å². The number of alkyl halides is 3. The van der Waals surface area contributed by atoms with Crippen LogP contribution >= 0.6 is 11.6 Å². The minimum atomic E-state index is -4.51. The number of ether oxygens (including phenoxy) is 1. The summed E-state index contributed by atoms with van der Waals surface area (Å²) >= 11 is 5.76. The topological polar surface area (TPSA) is 26.3 Å². The van der Waals surface area contributed by atoms with E-state index in [1.165, 1.54) is 12.1 Å². The number of carbonyl (C=O) groups excluding carboxylic acids is 1. The molecule has 0 saturated carbocycles. The van der Waals surface area contributed by atoms with Gasteiger partial charge in [-0.25, -0.2) is 0 Å². The first-order valence-corrected chi connectivity index (χ1v) is 5.88. The molecule has 0 aliphatic heterocycles. The zero-order valence-corrected chi connectivity index (χ0v) is 10.7. The van der Waals surface area contributed by atoms with Crippen LogP contribution in [0.1, 0.15) is 15.9 Å². The van der Waals surface area contributed by atoms with Crippen LogP contribution in [0.2, 0.25) is 5.02 Å². The van der Waals surface area contributed by atoms with E-state index >= 15 is 0 Å². The van der Waals surface area contributed by atoms with Crippen LogP contribution in [-0.4, -0.2) is 6.29 Å². The molecule has 0 N–H and O–H groups in total. The Morgan fingerprint density at radius 2 is 1.85 bits per heavy atom. The van der Waals surface area contributed by atoms with E-state index in [9.17, 15) is 18.0 Å². The highest BCUT2D eigenvalue weighted by Gasteiger charge is 2.31. The van der Waals surface area contributed by atoms with Crippen molar-refractivity contribution in [2.24, 2.45) is 0 Å². The van der Waals surface area contributed by atoms with Gasteiger partial charge in [-0.15, -0.1) is 0 Å². The van der Waals surface area contributed by atoms with Crippen molar-refractivity contribution in [1.29, 1.82) is 0 Å². The molecule has 0 fully saturated rings. The van der Waals surface area contributed by atoms with Crippen LogP contribution in [0.15, 0.2) is 42.5 Å². The van der Waals surface area contributed by atoms with Crippen molar-refractivity contribution in [1.82, 2.24) is 0 Å². The Morgan fingerprint density at radius 1 is 1.10 bits per heavy atom. The van der Waals surface area contributed by atoms with Crippen molar-refractivity contribution < 1.29 is 22.7 Å². The fourth-order valence-electron chi connectivity index (χ4n) is 1.55. The first-order chi connectivity index (χ1) is 9.40. The van der Waals surface area contributed by atoms with Gasteiger partial charge in [-0.1, -0.05) is 17.7 Å². The molecule has 20 heavy (non-hydrogen) atoms. The van der Waals surface area contributed by atoms with Gasteiger partial charge in [0.15, 0.2) is 6.29 Å². The predicted octanol–water partition coefficient (Wildman–Crippen LogP) is 4.96. The quantitative estimate of drug-likeness (QED) is 0.749. The Balaban J connectivity index is 2.41. The second-order valence-corrected chi connectivity index (χ2v) is 4.36. The normalized spacial score (nSPS) is 11.2. The largest absolute Gasteiger partial charge is 0.457 e. The molecule has 0 atom stereocenters. The highest BCUT2D eigenvalue weighted by Crippen LogP contribution is 2.34. The highest BCUT2D eigenvalue weighted by molar-refractivity contribution is 6.30. The number of hydrogen-bond acceptors (Lipinski definition) is 2. The fourth-order valence-corrected chi connectivity index (χ4v) is 1.73. The summed E-state index contributed by atoms with van der Waals surface area (Å²) in [6.07, 6.45) is -4.08. The molecule has 104 valence electrons. The predicted molar refractivity (Wildman–Crippen MR) is 68.4 cm³/mol. The molecule has 0 bridgehead atoms. The number of rotatable bonds is 3. The Morgan fingerprint density at radius 3 is 2.45 bits per heavy atom. The third-order valence-electron chi connectivity index (χ3n) is 2.49. The maximum atomic E-state index is 12.6. The summed E-state index contributed by atoms with van der Waals surface area (Å²) in [5.74, 6) is 0.0806. The molecule has 2 aromatic rings. The third-order valence-corrected chi connectivity index (χ3v) is 2.73. The summed E-state index contributed by atoms with van der Waals surface area (Å²) in [6.45, 7) is 0. The van der Waals surface area contributed by atoms with Gasteiger partial charge < -0.3 is 4.74 Å². The van der Waals surface area contributed by atoms with Crippen LogP contribution in [0.5, 0.6) is 11.5 Å². The Kier molecular flexibility index (Phi) is 3.99. The van der Waals surface area contributed by atoms with Crippen molar-refractivity contribution in [2.75, 3.05) is 0 Å². The second kappa shape index (κ2) is 5.54. The maximum absolute atomic E-state index is 12.6. The number of benzene rings is 2. The standard InChI is InChI=1S/C14H8ClF3O2/c15-11-2-1-3-12(7-11)20-13-6-10(14(16,17)18)5-4-9(13)8-19/h1-8H. The summed E-state index contributed by atoms with van der Waals surface area (Å²) < 4.78 is 43.2. The zero-order chi connectivity index (χ0) is 14.8. The van der Waals surface area contributed by atoms with Gasteiger partial charge in [0, 0.05) is 5.02 Å². The lowest BCUT2D eigenvalue weighted by Crippen LogP contribution is -2.05. The summed E-state index contributed by atoms with van der Waals surface area (Å²) in [5.41, 5.74) is -0.863. The molecule has 6 heteroatoms. The van der Waals surface area contributed by atoms with E-state index in [0.717, 1.165) is 18.2 Å². The van der Waals surface area contributed by atoms with Crippen LogP contribution in [0, 0.1) is 0 Å². The molecule has 0 radical (unpaired) electrons. The first kappa shape index (κ1) is 14.4. The number of aldehydes is 1. The van der Waals surface area contributed by atoms with Crippen molar-refractivity contribution in [2.45, 2.75) is 6.18 Å². The highest BCUT2D eigenvalue weighted by atomic mass is 35.5. The molecule has 0 spiro atoms. The molecular formula is C14H8ClF3O2. The van der Waals surface area contributed by atoms with Gasteiger partial charge in [-0.05, 0) is 36.4 Å². The van der Waals surface area contributed by atoms with E-state index in [1.807, 2.05) is 0 Å².